The largest absolute Gasteiger partial charge is 0.371 e. The minimum absolute atomic E-state index is 0.154. The summed E-state index contributed by atoms with van der Waals surface area (Å²) in [5, 5.41) is 4.20. The van der Waals surface area contributed by atoms with Crippen LogP contribution in [0.3, 0.4) is 0 Å². The van der Waals surface area contributed by atoms with Gasteiger partial charge < -0.3 is 9.26 Å². The molecule has 2 aromatic rings. The number of methoxy groups -OCH3 is 1. The highest BCUT2D eigenvalue weighted by Crippen LogP contribution is 2.66. The van der Waals surface area contributed by atoms with E-state index in [9.17, 15) is 0 Å². The average Bonchev–Trinajstić information content (AvgIpc) is 2.97. The number of hydrogen-bond acceptors (Lipinski definition) is 5. The van der Waals surface area contributed by atoms with Crippen LogP contribution in [0.1, 0.15) is 63.2 Å². The summed E-state index contributed by atoms with van der Waals surface area (Å²) in [6.45, 7) is 3.91. The van der Waals surface area contributed by atoms with E-state index in [2.05, 4.69) is 22.3 Å². The van der Waals surface area contributed by atoms with Gasteiger partial charge in [-0.15, -0.1) is 0 Å². The Balaban J connectivity index is 1.73. The molecule has 4 rings (SSSR count). The van der Waals surface area contributed by atoms with E-state index in [1.54, 1.807) is 7.11 Å². The molecule has 2 aliphatic carbocycles. The summed E-state index contributed by atoms with van der Waals surface area (Å²) in [4.78, 5) is 8.88. The zero-order valence-electron chi connectivity index (χ0n) is 14.0. The maximum absolute atomic E-state index is 5.71. The van der Waals surface area contributed by atoms with Crippen LogP contribution in [-0.2, 0) is 15.8 Å². The predicted molar refractivity (Wildman–Crippen MR) is 84.9 cm³/mol. The molecule has 2 saturated carbocycles. The molecule has 2 heterocycles. The highest BCUT2D eigenvalue weighted by molar-refractivity contribution is 5.37. The third-order valence-corrected chi connectivity index (χ3v) is 5.88. The van der Waals surface area contributed by atoms with Crippen molar-refractivity contribution in [1.29, 1.82) is 0 Å². The highest BCUT2D eigenvalue weighted by atomic mass is 16.5. The second-order valence-electron chi connectivity index (χ2n) is 7.66. The first-order valence-electron chi connectivity index (χ1n) is 8.30. The maximum atomic E-state index is 5.71. The second kappa shape index (κ2) is 4.87. The molecule has 0 atom stereocenters. The van der Waals surface area contributed by atoms with Gasteiger partial charge in [-0.2, -0.15) is 4.98 Å². The molecule has 2 aromatic heterocycles. The summed E-state index contributed by atoms with van der Waals surface area (Å²) in [5.74, 6) is 1.33. The van der Waals surface area contributed by atoms with Gasteiger partial charge in [0.15, 0.2) is 0 Å². The Morgan fingerprint density at radius 1 is 1.17 bits per heavy atom. The van der Waals surface area contributed by atoms with Crippen LogP contribution < -0.4 is 0 Å². The maximum Gasteiger partial charge on any atom is 0.237 e. The topological polar surface area (TPSA) is 61.0 Å². The molecular formula is C18H23N3O2. The molecular weight excluding hydrogens is 290 g/mol. The van der Waals surface area contributed by atoms with Crippen LogP contribution in [-0.4, -0.2) is 22.2 Å². The second-order valence-corrected chi connectivity index (χ2v) is 7.66. The van der Waals surface area contributed by atoms with Crippen molar-refractivity contribution in [3.63, 3.8) is 0 Å². The van der Waals surface area contributed by atoms with Crippen molar-refractivity contribution in [3.8, 4) is 0 Å². The molecule has 0 radical (unpaired) electrons. The van der Waals surface area contributed by atoms with Crippen LogP contribution in [0.5, 0.6) is 0 Å². The van der Waals surface area contributed by atoms with Gasteiger partial charge >= 0.3 is 0 Å². The molecule has 2 aliphatic rings. The van der Waals surface area contributed by atoms with E-state index in [1.165, 1.54) is 24.8 Å². The standard InChI is InChI=1S/C18H23N3O2/c1-16(2,22-3)14-20-15(23-21-14)18(13-5-9-19-10-6-13)11-17(12-18)7-4-8-17/h5-6,9-10H,4,7-8,11-12H2,1-3H3. The number of aromatic nitrogens is 3. The van der Waals surface area contributed by atoms with Gasteiger partial charge in [-0.1, -0.05) is 11.6 Å². The molecule has 0 aromatic carbocycles. The van der Waals surface area contributed by atoms with Gasteiger partial charge in [0.05, 0.1) is 5.41 Å². The molecule has 0 aliphatic heterocycles. The Labute approximate surface area is 136 Å². The first kappa shape index (κ1) is 14.8. The fraction of sp³-hybridized carbons (Fsp3) is 0.611. The van der Waals surface area contributed by atoms with Crippen molar-refractivity contribution in [2.75, 3.05) is 7.11 Å². The first-order valence-corrected chi connectivity index (χ1v) is 8.30. The molecule has 23 heavy (non-hydrogen) atoms. The van der Waals surface area contributed by atoms with Gasteiger partial charge in [0, 0.05) is 19.5 Å². The Kier molecular flexibility index (Phi) is 3.14. The summed E-state index contributed by atoms with van der Waals surface area (Å²) < 4.78 is 11.2. The number of pyridine rings is 1. The van der Waals surface area contributed by atoms with Crippen LogP contribution in [0, 0.1) is 5.41 Å². The lowest BCUT2D eigenvalue weighted by molar-refractivity contribution is -0.0425. The lowest BCUT2D eigenvalue weighted by Crippen LogP contribution is -2.54. The van der Waals surface area contributed by atoms with Crippen LogP contribution >= 0.6 is 0 Å². The molecule has 0 saturated heterocycles. The predicted octanol–water partition coefficient (Wildman–Crippen LogP) is 3.60. The summed E-state index contributed by atoms with van der Waals surface area (Å²) in [7, 11) is 1.67. The molecule has 5 heteroatoms. The van der Waals surface area contributed by atoms with Crippen LogP contribution in [0.2, 0.25) is 0 Å². The van der Waals surface area contributed by atoms with E-state index in [-0.39, 0.29) is 5.41 Å². The quantitative estimate of drug-likeness (QED) is 0.863. The van der Waals surface area contributed by atoms with Gasteiger partial charge in [-0.05, 0) is 62.6 Å². The first-order chi connectivity index (χ1) is 11.0. The molecule has 0 N–H and O–H groups in total. The normalized spacial score (nSPS) is 21.7. The lowest BCUT2D eigenvalue weighted by atomic mass is 9.43. The Morgan fingerprint density at radius 2 is 1.87 bits per heavy atom. The average molecular weight is 313 g/mol. The van der Waals surface area contributed by atoms with Crippen molar-refractivity contribution in [2.45, 2.75) is 57.0 Å². The summed E-state index contributed by atoms with van der Waals surface area (Å²) in [5.41, 5.74) is 1.03. The van der Waals surface area contributed by atoms with E-state index >= 15 is 0 Å². The lowest BCUT2D eigenvalue weighted by Gasteiger charge is -2.59. The minimum Gasteiger partial charge on any atom is -0.371 e. The summed E-state index contributed by atoms with van der Waals surface area (Å²) in [6, 6.07) is 4.16. The molecule has 0 bridgehead atoms. The fourth-order valence-corrected chi connectivity index (χ4v) is 4.16. The van der Waals surface area contributed by atoms with E-state index in [0.717, 1.165) is 18.7 Å². The van der Waals surface area contributed by atoms with E-state index in [4.69, 9.17) is 14.2 Å². The van der Waals surface area contributed by atoms with Crippen molar-refractivity contribution >= 4 is 0 Å². The van der Waals surface area contributed by atoms with Crippen molar-refractivity contribution in [2.24, 2.45) is 5.41 Å². The third-order valence-electron chi connectivity index (χ3n) is 5.88. The molecule has 0 amide bonds. The van der Waals surface area contributed by atoms with Gasteiger partial charge in [-0.3, -0.25) is 4.98 Å². The number of ether oxygens (including phenoxy) is 1. The van der Waals surface area contributed by atoms with Crippen molar-refractivity contribution in [3.05, 3.63) is 41.8 Å². The van der Waals surface area contributed by atoms with Gasteiger partial charge in [0.2, 0.25) is 11.7 Å². The minimum atomic E-state index is -0.543. The third kappa shape index (κ3) is 2.13. The molecule has 0 unspecified atom stereocenters. The SMILES string of the molecule is COC(C)(C)c1noc(C2(c3ccncc3)CC3(CCC3)C2)n1. The van der Waals surface area contributed by atoms with E-state index in [0.29, 0.717) is 11.2 Å². The van der Waals surface area contributed by atoms with E-state index < -0.39 is 5.60 Å². The van der Waals surface area contributed by atoms with Gasteiger partial charge in [0.25, 0.3) is 0 Å². The van der Waals surface area contributed by atoms with Crippen molar-refractivity contribution < 1.29 is 9.26 Å². The zero-order chi connectivity index (χ0) is 16.1. The number of rotatable bonds is 4. The monoisotopic (exact) mass is 313 g/mol. The molecule has 5 nitrogen and oxygen atoms in total. The van der Waals surface area contributed by atoms with E-state index in [1.807, 2.05) is 26.2 Å². The highest BCUT2D eigenvalue weighted by Gasteiger charge is 2.61. The molecule has 2 fully saturated rings. The fourth-order valence-electron chi connectivity index (χ4n) is 4.16. The molecule has 122 valence electrons. The summed E-state index contributed by atoms with van der Waals surface area (Å²) in [6.07, 6.45) is 9.88. The summed E-state index contributed by atoms with van der Waals surface area (Å²) >= 11 is 0. The van der Waals surface area contributed by atoms with Crippen LogP contribution in [0.4, 0.5) is 0 Å². The van der Waals surface area contributed by atoms with Crippen molar-refractivity contribution in [1.82, 2.24) is 15.1 Å². The molecule has 1 spiro atoms. The Bertz CT molecular complexity index is 696. The number of hydrogen-bond donors (Lipinski definition) is 0. The smallest absolute Gasteiger partial charge is 0.237 e. The van der Waals surface area contributed by atoms with Gasteiger partial charge in [0.1, 0.15) is 5.60 Å². The Morgan fingerprint density at radius 3 is 2.43 bits per heavy atom. The number of nitrogens with zero attached hydrogens (tertiary/aromatic N) is 3. The van der Waals surface area contributed by atoms with Crippen LogP contribution in [0.15, 0.2) is 29.0 Å². The van der Waals surface area contributed by atoms with Crippen LogP contribution in [0.25, 0.3) is 0 Å². The zero-order valence-corrected chi connectivity index (χ0v) is 14.0. The van der Waals surface area contributed by atoms with Gasteiger partial charge in [-0.25, -0.2) is 0 Å². The Hall–Kier alpha value is -1.75.